The van der Waals surface area contributed by atoms with E-state index in [1.54, 1.807) is 41.1 Å². The predicted octanol–water partition coefficient (Wildman–Crippen LogP) is 3.28. The molecule has 1 aliphatic heterocycles. The highest BCUT2D eigenvalue weighted by atomic mass is 35.5. The van der Waals surface area contributed by atoms with Gasteiger partial charge in [-0.15, -0.1) is 0 Å². The molecule has 3 aromatic rings. The van der Waals surface area contributed by atoms with Crippen LogP contribution < -0.4 is 20.1 Å². The Morgan fingerprint density at radius 2 is 2.03 bits per heavy atom. The van der Waals surface area contributed by atoms with E-state index in [0.717, 1.165) is 5.56 Å². The molecule has 1 aromatic heterocycles. The molecule has 160 valence electrons. The van der Waals surface area contributed by atoms with Crippen molar-refractivity contribution in [3.63, 3.8) is 0 Å². The van der Waals surface area contributed by atoms with Crippen molar-refractivity contribution in [2.75, 3.05) is 23.8 Å². The van der Waals surface area contributed by atoms with Crippen LogP contribution in [-0.4, -0.2) is 39.8 Å². The van der Waals surface area contributed by atoms with Gasteiger partial charge >= 0.3 is 0 Å². The number of hydrogen-bond acceptors (Lipinski definition) is 6. The van der Waals surface area contributed by atoms with Crippen LogP contribution in [0.5, 0.6) is 11.5 Å². The van der Waals surface area contributed by atoms with Crippen molar-refractivity contribution in [1.29, 1.82) is 0 Å². The quantitative estimate of drug-likeness (QED) is 0.582. The standard InChI is InChI=1S/C21H20ClN5O4/c1-2-30-18-9-13(16-10-19(28)26-21-23-12-24-27(16)21)3-8-17(18)31-11-20(29)25-15-6-4-14(22)5-7-15/h3-9,12,16H,2,10-11H2,1H3,(H,25,29)(H,23,24,26,28)/t16-/m0/s1. The summed E-state index contributed by atoms with van der Waals surface area (Å²) in [6.07, 6.45) is 1.62. The van der Waals surface area contributed by atoms with Crippen molar-refractivity contribution >= 4 is 35.1 Å². The number of rotatable bonds is 7. The molecular formula is C21H20ClN5O4. The van der Waals surface area contributed by atoms with Crippen LogP contribution in [0.2, 0.25) is 5.02 Å². The third kappa shape index (κ3) is 4.77. The van der Waals surface area contributed by atoms with E-state index in [0.29, 0.717) is 34.8 Å². The van der Waals surface area contributed by atoms with Gasteiger partial charge in [0.05, 0.1) is 19.1 Å². The van der Waals surface area contributed by atoms with E-state index >= 15 is 0 Å². The minimum absolute atomic E-state index is 0.136. The lowest BCUT2D eigenvalue weighted by Gasteiger charge is -2.24. The summed E-state index contributed by atoms with van der Waals surface area (Å²) in [6, 6.07) is 11.8. The number of carbonyl (C=O) groups excluding carboxylic acids is 2. The van der Waals surface area contributed by atoms with Gasteiger partial charge in [-0.1, -0.05) is 17.7 Å². The second-order valence-corrected chi connectivity index (χ2v) is 7.22. The summed E-state index contributed by atoms with van der Waals surface area (Å²) in [5, 5.41) is 10.2. The molecule has 2 N–H and O–H groups in total. The lowest BCUT2D eigenvalue weighted by Crippen LogP contribution is -2.29. The molecule has 9 nitrogen and oxygen atoms in total. The summed E-state index contributed by atoms with van der Waals surface area (Å²) in [6.45, 7) is 2.07. The Morgan fingerprint density at radius 3 is 2.81 bits per heavy atom. The second kappa shape index (κ2) is 9.05. The third-order valence-corrected chi connectivity index (χ3v) is 4.89. The Labute approximate surface area is 183 Å². The normalized spacial score (nSPS) is 15.0. The number of hydrogen-bond donors (Lipinski definition) is 2. The number of benzene rings is 2. The highest BCUT2D eigenvalue weighted by Crippen LogP contribution is 2.35. The van der Waals surface area contributed by atoms with Crippen molar-refractivity contribution in [2.24, 2.45) is 0 Å². The van der Waals surface area contributed by atoms with Gasteiger partial charge in [-0.25, -0.2) is 4.68 Å². The monoisotopic (exact) mass is 441 g/mol. The average molecular weight is 442 g/mol. The van der Waals surface area contributed by atoms with Crippen LogP contribution in [0.3, 0.4) is 0 Å². The van der Waals surface area contributed by atoms with Gasteiger partial charge < -0.3 is 14.8 Å². The molecule has 4 rings (SSSR count). The largest absolute Gasteiger partial charge is 0.490 e. The van der Waals surface area contributed by atoms with E-state index in [4.69, 9.17) is 21.1 Å². The smallest absolute Gasteiger partial charge is 0.262 e. The first-order valence-electron chi connectivity index (χ1n) is 9.68. The molecule has 2 amide bonds. The van der Waals surface area contributed by atoms with Crippen LogP contribution in [0.15, 0.2) is 48.8 Å². The topological polar surface area (TPSA) is 107 Å². The Kier molecular flexibility index (Phi) is 6.03. The summed E-state index contributed by atoms with van der Waals surface area (Å²) in [4.78, 5) is 28.3. The average Bonchev–Trinajstić information content (AvgIpc) is 3.22. The molecular weight excluding hydrogens is 422 g/mol. The highest BCUT2D eigenvalue weighted by molar-refractivity contribution is 6.30. The van der Waals surface area contributed by atoms with Crippen molar-refractivity contribution in [3.8, 4) is 11.5 Å². The maximum Gasteiger partial charge on any atom is 0.262 e. The number of aromatic nitrogens is 3. The summed E-state index contributed by atoms with van der Waals surface area (Å²) >= 11 is 5.85. The van der Waals surface area contributed by atoms with Crippen LogP contribution in [0.4, 0.5) is 11.6 Å². The van der Waals surface area contributed by atoms with Crippen molar-refractivity contribution in [3.05, 3.63) is 59.4 Å². The lowest BCUT2D eigenvalue weighted by atomic mass is 10.0. The first kappa shape index (κ1) is 20.7. The molecule has 0 fully saturated rings. The van der Waals surface area contributed by atoms with Crippen LogP contribution in [0.25, 0.3) is 0 Å². The fraction of sp³-hybridized carbons (Fsp3) is 0.238. The van der Waals surface area contributed by atoms with Crippen molar-refractivity contribution < 1.29 is 19.1 Å². The van der Waals surface area contributed by atoms with E-state index in [1.165, 1.54) is 6.33 Å². The van der Waals surface area contributed by atoms with E-state index in [1.807, 2.05) is 13.0 Å². The van der Waals surface area contributed by atoms with Crippen LogP contribution >= 0.6 is 11.6 Å². The van der Waals surface area contributed by atoms with Gasteiger partial charge in [0.15, 0.2) is 18.1 Å². The zero-order valence-electron chi connectivity index (χ0n) is 16.7. The first-order valence-corrected chi connectivity index (χ1v) is 10.1. The number of carbonyl (C=O) groups is 2. The number of amides is 2. The molecule has 0 saturated heterocycles. The van der Waals surface area contributed by atoms with Gasteiger partial charge in [-0.2, -0.15) is 10.1 Å². The summed E-state index contributed by atoms with van der Waals surface area (Å²) in [5.41, 5.74) is 1.45. The van der Waals surface area contributed by atoms with E-state index in [-0.39, 0.29) is 30.9 Å². The molecule has 1 aliphatic rings. The minimum Gasteiger partial charge on any atom is -0.490 e. The third-order valence-electron chi connectivity index (χ3n) is 4.64. The fourth-order valence-corrected chi connectivity index (χ4v) is 3.38. The maximum atomic E-state index is 12.2. The summed E-state index contributed by atoms with van der Waals surface area (Å²) in [7, 11) is 0. The molecule has 0 unspecified atom stereocenters. The molecule has 2 aromatic carbocycles. The Balaban J connectivity index is 1.48. The molecule has 2 heterocycles. The van der Waals surface area contributed by atoms with Crippen LogP contribution in [0.1, 0.15) is 24.9 Å². The van der Waals surface area contributed by atoms with Crippen LogP contribution in [0, 0.1) is 0 Å². The number of nitrogens with zero attached hydrogens (tertiary/aromatic N) is 3. The Hall–Kier alpha value is -3.59. The minimum atomic E-state index is -0.315. The molecule has 31 heavy (non-hydrogen) atoms. The maximum absolute atomic E-state index is 12.2. The highest BCUT2D eigenvalue weighted by Gasteiger charge is 2.28. The molecule has 1 atom stereocenters. The van der Waals surface area contributed by atoms with Crippen LogP contribution in [-0.2, 0) is 9.59 Å². The van der Waals surface area contributed by atoms with Crippen molar-refractivity contribution in [2.45, 2.75) is 19.4 Å². The molecule has 10 heteroatoms. The van der Waals surface area contributed by atoms with E-state index in [9.17, 15) is 9.59 Å². The Bertz CT molecular complexity index is 1100. The summed E-state index contributed by atoms with van der Waals surface area (Å²) < 4.78 is 13.1. The van der Waals surface area contributed by atoms with Gasteiger partial charge in [-0.3, -0.25) is 14.9 Å². The molecule has 0 spiro atoms. The van der Waals surface area contributed by atoms with Gasteiger partial charge in [0.25, 0.3) is 5.91 Å². The van der Waals surface area contributed by atoms with E-state index < -0.39 is 0 Å². The number of fused-ring (bicyclic) bond motifs is 1. The SMILES string of the molecule is CCOc1cc([C@@H]2CC(=O)Nc3ncnn32)ccc1OCC(=O)Nc1ccc(Cl)cc1. The molecule has 0 radical (unpaired) electrons. The molecule has 0 aliphatic carbocycles. The number of anilines is 2. The second-order valence-electron chi connectivity index (χ2n) is 6.78. The zero-order chi connectivity index (χ0) is 21.8. The number of halogens is 1. The van der Waals surface area contributed by atoms with Gasteiger partial charge in [-0.05, 0) is 48.9 Å². The molecule has 0 bridgehead atoms. The predicted molar refractivity (Wildman–Crippen MR) is 115 cm³/mol. The Morgan fingerprint density at radius 1 is 1.23 bits per heavy atom. The van der Waals surface area contributed by atoms with Gasteiger partial charge in [0.1, 0.15) is 6.33 Å². The lowest BCUT2D eigenvalue weighted by molar-refractivity contribution is -0.118. The summed E-state index contributed by atoms with van der Waals surface area (Å²) in [5.74, 6) is 0.856. The fourth-order valence-electron chi connectivity index (χ4n) is 3.26. The van der Waals surface area contributed by atoms with Gasteiger partial charge in [0.2, 0.25) is 11.9 Å². The molecule has 0 saturated carbocycles. The van der Waals surface area contributed by atoms with Crippen molar-refractivity contribution in [1.82, 2.24) is 14.8 Å². The number of ether oxygens (including phenoxy) is 2. The van der Waals surface area contributed by atoms with Gasteiger partial charge in [0, 0.05) is 10.7 Å². The number of nitrogens with one attached hydrogen (secondary N) is 2. The zero-order valence-corrected chi connectivity index (χ0v) is 17.4. The van der Waals surface area contributed by atoms with E-state index in [2.05, 4.69) is 20.7 Å². The first-order chi connectivity index (χ1) is 15.0.